The van der Waals surface area contributed by atoms with Crippen LogP contribution in [-0.4, -0.2) is 42.2 Å². The van der Waals surface area contributed by atoms with Crippen LogP contribution in [0.25, 0.3) is 0 Å². The van der Waals surface area contributed by atoms with Crippen molar-refractivity contribution >= 4 is 5.97 Å². The van der Waals surface area contributed by atoms with Gasteiger partial charge < -0.3 is 9.84 Å². The number of nitrogens with zero attached hydrogens (tertiary/aromatic N) is 1. The highest BCUT2D eigenvalue weighted by Gasteiger charge is 2.26. The number of methoxy groups -OCH3 is 1. The Bertz CT molecular complexity index is 447. The zero-order chi connectivity index (χ0) is 15.8. The van der Waals surface area contributed by atoms with Crippen LogP contribution < -0.4 is 4.74 Å². The van der Waals surface area contributed by atoms with Gasteiger partial charge in [0.05, 0.1) is 7.11 Å². The number of ether oxygens (including phenoxy) is 1. The summed E-state index contributed by atoms with van der Waals surface area (Å²) in [7, 11) is 3.56. The first-order valence-electron chi connectivity index (χ1n) is 7.57. The van der Waals surface area contributed by atoms with Crippen LogP contribution in [0.5, 0.6) is 5.75 Å². The lowest BCUT2D eigenvalue weighted by molar-refractivity contribution is -0.143. The van der Waals surface area contributed by atoms with Gasteiger partial charge in [-0.05, 0) is 38.4 Å². The zero-order valence-corrected chi connectivity index (χ0v) is 13.5. The first-order valence-corrected chi connectivity index (χ1v) is 7.57. The van der Waals surface area contributed by atoms with Crippen molar-refractivity contribution in [2.75, 3.05) is 14.2 Å². The van der Waals surface area contributed by atoms with Crippen LogP contribution in [0.2, 0.25) is 0 Å². The third kappa shape index (κ3) is 5.05. The van der Waals surface area contributed by atoms with Gasteiger partial charge in [-0.3, -0.25) is 9.69 Å². The summed E-state index contributed by atoms with van der Waals surface area (Å²) >= 11 is 0. The Kier molecular flexibility index (Phi) is 7.23. The number of aliphatic carboxylic acids is 1. The first-order chi connectivity index (χ1) is 10.0. The Labute approximate surface area is 127 Å². The van der Waals surface area contributed by atoms with Crippen molar-refractivity contribution in [3.8, 4) is 5.75 Å². The number of unbranched alkanes of at least 4 members (excludes halogenated alkanes) is 1. The molecular formula is C17H27NO3. The van der Waals surface area contributed by atoms with Crippen molar-refractivity contribution in [1.29, 1.82) is 0 Å². The van der Waals surface area contributed by atoms with Gasteiger partial charge in [-0.1, -0.05) is 38.0 Å². The van der Waals surface area contributed by atoms with Gasteiger partial charge in [0.1, 0.15) is 11.8 Å². The molecule has 0 bridgehead atoms. The quantitative estimate of drug-likeness (QED) is 0.759. The number of likely N-dealkylation sites (N-methyl/N-ethyl adjacent to an activating group) is 1. The van der Waals surface area contributed by atoms with Crippen molar-refractivity contribution in [3.05, 3.63) is 29.8 Å². The minimum absolute atomic E-state index is 0.138. The summed E-state index contributed by atoms with van der Waals surface area (Å²) in [5.41, 5.74) is 1.11. The monoisotopic (exact) mass is 293 g/mol. The molecule has 0 aliphatic rings. The molecule has 1 aromatic carbocycles. The lowest BCUT2D eigenvalue weighted by Crippen LogP contribution is -2.44. The molecule has 1 aromatic rings. The highest BCUT2D eigenvalue weighted by Crippen LogP contribution is 2.21. The SMILES string of the molecule is CCCCC(C(=O)O)N(C)C(C)Cc1ccccc1OC. The third-order valence-electron chi connectivity index (χ3n) is 4.01. The molecule has 0 saturated heterocycles. The fourth-order valence-electron chi connectivity index (χ4n) is 2.54. The molecule has 4 nitrogen and oxygen atoms in total. The molecule has 0 spiro atoms. The summed E-state index contributed by atoms with van der Waals surface area (Å²) in [5.74, 6) is 0.121. The Morgan fingerprint density at radius 1 is 1.38 bits per heavy atom. The smallest absolute Gasteiger partial charge is 0.320 e. The molecule has 0 aliphatic heterocycles. The molecule has 0 heterocycles. The predicted molar refractivity (Wildman–Crippen MR) is 84.9 cm³/mol. The molecule has 0 aliphatic carbocycles. The van der Waals surface area contributed by atoms with Crippen LogP contribution in [0.15, 0.2) is 24.3 Å². The molecule has 0 saturated carbocycles. The maximum atomic E-state index is 11.5. The number of benzene rings is 1. The number of carboxylic acid groups (broad SMARTS) is 1. The molecule has 1 N–H and O–H groups in total. The molecule has 1 rings (SSSR count). The van der Waals surface area contributed by atoms with Crippen molar-refractivity contribution in [1.82, 2.24) is 4.90 Å². The Balaban J connectivity index is 2.76. The van der Waals surface area contributed by atoms with E-state index in [1.807, 2.05) is 36.2 Å². The molecule has 21 heavy (non-hydrogen) atoms. The van der Waals surface area contributed by atoms with E-state index in [2.05, 4.69) is 13.8 Å². The largest absolute Gasteiger partial charge is 0.496 e. The van der Waals surface area contributed by atoms with Crippen LogP contribution in [0, 0.1) is 0 Å². The standard InChI is InChI=1S/C17H27NO3/c1-5-6-10-15(17(19)20)18(3)13(2)12-14-9-7-8-11-16(14)21-4/h7-9,11,13,15H,5-6,10,12H2,1-4H3,(H,19,20). The van der Waals surface area contributed by atoms with Crippen molar-refractivity contribution in [2.45, 2.75) is 51.6 Å². The lowest BCUT2D eigenvalue weighted by atomic mass is 10.0. The summed E-state index contributed by atoms with van der Waals surface area (Å²) in [4.78, 5) is 13.4. The predicted octanol–water partition coefficient (Wildman–Crippen LogP) is 3.20. The molecule has 0 amide bonds. The third-order valence-corrected chi connectivity index (χ3v) is 4.01. The van der Waals surface area contributed by atoms with Gasteiger partial charge >= 0.3 is 5.97 Å². The topological polar surface area (TPSA) is 49.8 Å². The minimum atomic E-state index is -0.738. The molecule has 2 atom stereocenters. The van der Waals surface area contributed by atoms with E-state index in [-0.39, 0.29) is 6.04 Å². The van der Waals surface area contributed by atoms with Gasteiger partial charge in [0, 0.05) is 6.04 Å². The zero-order valence-electron chi connectivity index (χ0n) is 13.5. The molecule has 2 unspecified atom stereocenters. The van der Waals surface area contributed by atoms with Gasteiger partial charge in [-0.15, -0.1) is 0 Å². The normalized spacial score (nSPS) is 14.0. The van der Waals surface area contributed by atoms with Gasteiger partial charge in [0.25, 0.3) is 0 Å². The van der Waals surface area contributed by atoms with Crippen LogP contribution >= 0.6 is 0 Å². The van der Waals surface area contributed by atoms with E-state index in [4.69, 9.17) is 4.74 Å². The van der Waals surface area contributed by atoms with E-state index in [1.54, 1.807) is 7.11 Å². The second-order valence-electron chi connectivity index (χ2n) is 5.53. The van der Waals surface area contributed by atoms with E-state index in [0.717, 1.165) is 30.6 Å². The highest BCUT2D eigenvalue weighted by atomic mass is 16.5. The fourth-order valence-corrected chi connectivity index (χ4v) is 2.54. The van der Waals surface area contributed by atoms with Crippen LogP contribution in [0.1, 0.15) is 38.7 Å². The molecular weight excluding hydrogens is 266 g/mol. The van der Waals surface area contributed by atoms with E-state index >= 15 is 0 Å². The maximum absolute atomic E-state index is 11.5. The summed E-state index contributed by atoms with van der Waals surface area (Å²) in [6.07, 6.45) is 3.41. The summed E-state index contributed by atoms with van der Waals surface area (Å²) in [6, 6.07) is 7.61. The Morgan fingerprint density at radius 3 is 2.62 bits per heavy atom. The van der Waals surface area contributed by atoms with Crippen LogP contribution in [0.3, 0.4) is 0 Å². The number of hydrogen-bond acceptors (Lipinski definition) is 3. The average Bonchev–Trinajstić information content (AvgIpc) is 2.47. The number of hydrogen-bond donors (Lipinski definition) is 1. The molecule has 4 heteroatoms. The van der Waals surface area contributed by atoms with Crippen molar-refractivity contribution in [3.63, 3.8) is 0 Å². The Morgan fingerprint density at radius 2 is 2.05 bits per heavy atom. The van der Waals surface area contributed by atoms with Crippen molar-refractivity contribution in [2.24, 2.45) is 0 Å². The van der Waals surface area contributed by atoms with Gasteiger partial charge in [0.2, 0.25) is 0 Å². The lowest BCUT2D eigenvalue weighted by Gasteiger charge is -2.31. The fraction of sp³-hybridized carbons (Fsp3) is 0.588. The minimum Gasteiger partial charge on any atom is -0.496 e. The molecule has 118 valence electrons. The average molecular weight is 293 g/mol. The summed E-state index contributed by atoms with van der Waals surface area (Å²) in [5, 5.41) is 9.42. The van der Waals surface area contributed by atoms with Gasteiger partial charge in [-0.2, -0.15) is 0 Å². The van der Waals surface area contributed by atoms with E-state index in [1.165, 1.54) is 0 Å². The summed E-state index contributed by atoms with van der Waals surface area (Å²) < 4.78 is 5.36. The van der Waals surface area contributed by atoms with Gasteiger partial charge in [-0.25, -0.2) is 0 Å². The Hall–Kier alpha value is -1.55. The van der Waals surface area contributed by atoms with E-state index < -0.39 is 12.0 Å². The van der Waals surface area contributed by atoms with E-state index in [9.17, 15) is 9.90 Å². The second kappa shape index (κ2) is 8.67. The maximum Gasteiger partial charge on any atom is 0.320 e. The first kappa shape index (κ1) is 17.5. The number of para-hydroxylation sites is 1. The number of rotatable bonds is 9. The molecule has 0 aromatic heterocycles. The van der Waals surface area contributed by atoms with Crippen molar-refractivity contribution < 1.29 is 14.6 Å². The van der Waals surface area contributed by atoms with Crippen LogP contribution in [-0.2, 0) is 11.2 Å². The van der Waals surface area contributed by atoms with Crippen LogP contribution in [0.4, 0.5) is 0 Å². The second-order valence-corrected chi connectivity index (χ2v) is 5.53. The van der Waals surface area contributed by atoms with E-state index in [0.29, 0.717) is 6.42 Å². The molecule has 0 fully saturated rings. The molecule has 0 radical (unpaired) electrons. The van der Waals surface area contributed by atoms with Gasteiger partial charge in [0.15, 0.2) is 0 Å². The number of carbonyl (C=O) groups is 1. The summed E-state index contributed by atoms with van der Waals surface area (Å²) in [6.45, 7) is 4.14. The highest BCUT2D eigenvalue weighted by molar-refractivity contribution is 5.73. The number of carboxylic acids is 1.